The van der Waals surface area contributed by atoms with E-state index >= 15 is 0 Å². The molecule has 0 aliphatic carbocycles. The molecule has 1 amide bonds. The van der Waals surface area contributed by atoms with Gasteiger partial charge in [-0.3, -0.25) is 9.69 Å². The number of carbonyl (C=O) groups excluding carboxylic acids is 1. The highest BCUT2D eigenvalue weighted by Gasteiger charge is 2.23. The third-order valence-electron chi connectivity index (χ3n) is 3.65. The zero-order chi connectivity index (χ0) is 15.8. The molecule has 1 saturated heterocycles. The fourth-order valence-corrected chi connectivity index (χ4v) is 2.52. The van der Waals surface area contributed by atoms with Crippen molar-refractivity contribution in [2.45, 2.75) is 13.0 Å². The standard InChI is InChI=1S/C16H23FN2O3/c1-2-21-12-16(20)18-11-15(19-6-8-22-9-7-19)13-4-3-5-14(17)10-13/h3-5,10,15H,2,6-9,11-12H2,1H3,(H,18,20). The second-order valence-electron chi connectivity index (χ2n) is 5.16. The van der Waals surface area contributed by atoms with Gasteiger partial charge in [0.15, 0.2) is 0 Å². The number of halogens is 1. The molecule has 1 heterocycles. The Morgan fingerprint density at radius 3 is 2.91 bits per heavy atom. The summed E-state index contributed by atoms with van der Waals surface area (Å²) in [6.07, 6.45) is 0. The molecular weight excluding hydrogens is 287 g/mol. The van der Waals surface area contributed by atoms with Crippen LogP contribution in [0.5, 0.6) is 0 Å². The van der Waals surface area contributed by atoms with E-state index in [-0.39, 0.29) is 24.4 Å². The van der Waals surface area contributed by atoms with Crippen LogP contribution in [-0.2, 0) is 14.3 Å². The Morgan fingerprint density at radius 2 is 2.23 bits per heavy atom. The van der Waals surface area contributed by atoms with Gasteiger partial charge in [-0.1, -0.05) is 12.1 Å². The number of hydrogen-bond donors (Lipinski definition) is 1. The normalized spacial score (nSPS) is 17.2. The zero-order valence-electron chi connectivity index (χ0n) is 12.9. The van der Waals surface area contributed by atoms with Crippen LogP contribution >= 0.6 is 0 Å². The number of nitrogens with zero attached hydrogens (tertiary/aromatic N) is 1. The number of nitrogens with one attached hydrogen (secondary N) is 1. The van der Waals surface area contributed by atoms with E-state index in [9.17, 15) is 9.18 Å². The Balaban J connectivity index is 2.03. The first kappa shape index (κ1) is 16.9. The molecule has 0 radical (unpaired) electrons. The molecule has 0 aromatic heterocycles. The van der Waals surface area contributed by atoms with Crippen molar-refractivity contribution in [1.29, 1.82) is 0 Å². The number of benzene rings is 1. The van der Waals surface area contributed by atoms with Crippen LogP contribution in [-0.4, -0.2) is 56.9 Å². The van der Waals surface area contributed by atoms with E-state index in [1.807, 2.05) is 13.0 Å². The lowest BCUT2D eigenvalue weighted by molar-refractivity contribution is -0.125. The van der Waals surface area contributed by atoms with E-state index < -0.39 is 0 Å². The van der Waals surface area contributed by atoms with Gasteiger partial charge in [-0.05, 0) is 24.6 Å². The number of amides is 1. The monoisotopic (exact) mass is 310 g/mol. The Bertz CT molecular complexity index is 478. The number of ether oxygens (including phenoxy) is 2. The lowest BCUT2D eigenvalue weighted by atomic mass is 10.0. The molecule has 6 heteroatoms. The molecule has 0 bridgehead atoms. The number of hydrogen-bond acceptors (Lipinski definition) is 4. The van der Waals surface area contributed by atoms with Crippen molar-refractivity contribution in [2.24, 2.45) is 0 Å². The minimum atomic E-state index is -0.267. The van der Waals surface area contributed by atoms with Gasteiger partial charge < -0.3 is 14.8 Å². The van der Waals surface area contributed by atoms with Gasteiger partial charge in [0.25, 0.3) is 0 Å². The molecule has 1 fully saturated rings. The molecule has 1 aromatic rings. The molecule has 22 heavy (non-hydrogen) atoms. The average molecular weight is 310 g/mol. The molecule has 1 unspecified atom stereocenters. The van der Waals surface area contributed by atoms with Crippen LogP contribution in [0.15, 0.2) is 24.3 Å². The Morgan fingerprint density at radius 1 is 1.45 bits per heavy atom. The van der Waals surface area contributed by atoms with Gasteiger partial charge in [-0.15, -0.1) is 0 Å². The van der Waals surface area contributed by atoms with Gasteiger partial charge >= 0.3 is 0 Å². The second kappa shape index (κ2) is 8.82. The van der Waals surface area contributed by atoms with E-state index in [0.29, 0.717) is 26.4 Å². The highest BCUT2D eigenvalue weighted by molar-refractivity contribution is 5.77. The van der Waals surface area contributed by atoms with Gasteiger partial charge in [-0.25, -0.2) is 4.39 Å². The number of morpholine rings is 1. The second-order valence-corrected chi connectivity index (χ2v) is 5.16. The molecule has 1 atom stereocenters. The van der Waals surface area contributed by atoms with Crippen molar-refractivity contribution in [3.8, 4) is 0 Å². The topological polar surface area (TPSA) is 50.8 Å². The Hall–Kier alpha value is -1.50. The van der Waals surface area contributed by atoms with E-state index in [1.165, 1.54) is 12.1 Å². The molecule has 1 N–H and O–H groups in total. The minimum Gasteiger partial charge on any atom is -0.379 e. The quantitative estimate of drug-likeness (QED) is 0.826. The maximum atomic E-state index is 13.5. The van der Waals surface area contributed by atoms with Crippen LogP contribution in [0.25, 0.3) is 0 Å². The minimum absolute atomic E-state index is 0.0511. The lowest BCUT2D eigenvalue weighted by Crippen LogP contribution is -2.44. The van der Waals surface area contributed by atoms with Crippen molar-refractivity contribution < 1.29 is 18.7 Å². The third kappa shape index (κ3) is 5.05. The Labute approximate surface area is 130 Å². The maximum Gasteiger partial charge on any atom is 0.246 e. The summed E-state index contributed by atoms with van der Waals surface area (Å²) in [6.45, 7) is 5.66. The summed E-state index contributed by atoms with van der Waals surface area (Å²) in [4.78, 5) is 13.9. The average Bonchev–Trinajstić information content (AvgIpc) is 2.54. The largest absolute Gasteiger partial charge is 0.379 e. The number of rotatable bonds is 7. The Kier molecular flexibility index (Phi) is 6.76. The van der Waals surface area contributed by atoms with Crippen LogP contribution in [0.1, 0.15) is 18.5 Å². The first-order valence-electron chi connectivity index (χ1n) is 7.62. The molecule has 1 aliphatic rings. The highest BCUT2D eigenvalue weighted by Crippen LogP contribution is 2.22. The summed E-state index contributed by atoms with van der Waals surface area (Å²) in [5.74, 6) is -0.423. The zero-order valence-corrected chi connectivity index (χ0v) is 12.9. The van der Waals surface area contributed by atoms with Crippen LogP contribution in [0.3, 0.4) is 0 Å². The van der Waals surface area contributed by atoms with Crippen LogP contribution < -0.4 is 5.32 Å². The molecular formula is C16H23FN2O3. The van der Waals surface area contributed by atoms with Crippen molar-refractivity contribution in [3.63, 3.8) is 0 Å². The fraction of sp³-hybridized carbons (Fsp3) is 0.562. The van der Waals surface area contributed by atoms with Crippen molar-refractivity contribution in [2.75, 3.05) is 46.1 Å². The van der Waals surface area contributed by atoms with Gasteiger partial charge in [0.05, 0.1) is 19.3 Å². The van der Waals surface area contributed by atoms with E-state index in [2.05, 4.69) is 10.2 Å². The predicted molar refractivity (Wildman–Crippen MR) is 81.0 cm³/mol. The molecule has 122 valence electrons. The first-order chi connectivity index (χ1) is 10.7. The molecule has 0 spiro atoms. The molecule has 2 rings (SSSR count). The number of carbonyl (C=O) groups is 1. The summed E-state index contributed by atoms with van der Waals surface area (Å²) in [6, 6.07) is 6.46. The van der Waals surface area contributed by atoms with Crippen LogP contribution in [0.2, 0.25) is 0 Å². The van der Waals surface area contributed by atoms with Gasteiger partial charge in [0, 0.05) is 26.2 Å². The van der Waals surface area contributed by atoms with Gasteiger partial charge in [0.2, 0.25) is 5.91 Å². The predicted octanol–water partition coefficient (Wildman–Crippen LogP) is 1.35. The summed E-state index contributed by atoms with van der Waals surface area (Å²) in [5.41, 5.74) is 0.860. The van der Waals surface area contributed by atoms with E-state index in [1.54, 1.807) is 6.07 Å². The lowest BCUT2D eigenvalue weighted by Gasteiger charge is -2.35. The van der Waals surface area contributed by atoms with Crippen LogP contribution in [0.4, 0.5) is 4.39 Å². The SMILES string of the molecule is CCOCC(=O)NCC(c1cccc(F)c1)N1CCOCC1. The molecule has 0 saturated carbocycles. The van der Waals surface area contributed by atoms with Gasteiger partial charge in [-0.2, -0.15) is 0 Å². The first-order valence-corrected chi connectivity index (χ1v) is 7.62. The van der Waals surface area contributed by atoms with Crippen LogP contribution in [0, 0.1) is 5.82 Å². The van der Waals surface area contributed by atoms with Crippen molar-refractivity contribution in [1.82, 2.24) is 10.2 Å². The summed E-state index contributed by atoms with van der Waals surface area (Å²) < 4.78 is 24.0. The van der Waals surface area contributed by atoms with Crippen molar-refractivity contribution >= 4 is 5.91 Å². The highest BCUT2D eigenvalue weighted by atomic mass is 19.1. The van der Waals surface area contributed by atoms with Gasteiger partial charge in [0.1, 0.15) is 12.4 Å². The van der Waals surface area contributed by atoms with Crippen molar-refractivity contribution in [3.05, 3.63) is 35.6 Å². The molecule has 5 nitrogen and oxygen atoms in total. The maximum absolute atomic E-state index is 13.5. The van der Waals surface area contributed by atoms with E-state index in [4.69, 9.17) is 9.47 Å². The summed E-state index contributed by atoms with van der Waals surface area (Å²) in [5, 5.41) is 2.86. The third-order valence-corrected chi connectivity index (χ3v) is 3.65. The molecule has 1 aliphatic heterocycles. The summed E-state index contributed by atoms with van der Waals surface area (Å²) >= 11 is 0. The molecule has 1 aromatic carbocycles. The summed E-state index contributed by atoms with van der Waals surface area (Å²) in [7, 11) is 0. The van der Waals surface area contributed by atoms with E-state index in [0.717, 1.165) is 18.7 Å². The fourth-order valence-electron chi connectivity index (χ4n) is 2.52. The smallest absolute Gasteiger partial charge is 0.246 e.